The van der Waals surface area contributed by atoms with Crippen molar-refractivity contribution >= 4 is 49.8 Å². The molecule has 0 saturated carbocycles. The zero-order chi connectivity index (χ0) is 23.3. The van der Waals surface area contributed by atoms with E-state index in [4.69, 9.17) is 9.47 Å². The topological polar surface area (TPSA) is 108 Å². The van der Waals surface area contributed by atoms with Crippen LogP contribution >= 0.6 is 27.3 Å². The molecule has 0 fully saturated rings. The van der Waals surface area contributed by atoms with Gasteiger partial charge < -0.3 is 14.8 Å². The first-order valence-electron chi connectivity index (χ1n) is 9.52. The average molecular weight is 519 g/mol. The highest BCUT2D eigenvalue weighted by Crippen LogP contribution is 2.36. The quantitative estimate of drug-likeness (QED) is 0.236. The van der Waals surface area contributed by atoms with Crippen LogP contribution in [0.3, 0.4) is 0 Å². The molecule has 1 amide bonds. The number of ether oxygens (including phenoxy) is 2. The third-order valence-electron chi connectivity index (χ3n) is 4.41. The van der Waals surface area contributed by atoms with E-state index in [1.54, 1.807) is 19.2 Å². The lowest BCUT2D eigenvalue weighted by molar-refractivity contribution is -0.385. The Morgan fingerprint density at radius 3 is 2.53 bits per heavy atom. The van der Waals surface area contributed by atoms with Crippen molar-refractivity contribution in [3.8, 4) is 16.9 Å². The van der Waals surface area contributed by atoms with Gasteiger partial charge in [-0.3, -0.25) is 14.9 Å². The summed E-state index contributed by atoms with van der Waals surface area (Å²) in [6.45, 7) is 3.17. The monoisotopic (exact) mass is 518 g/mol. The largest absolute Gasteiger partial charge is 0.484 e. The number of nitro groups is 1. The first kappa shape index (κ1) is 23.4. The van der Waals surface area contributed by atoms with E-state index in [1.807, 2.05) is 24.3 Å². The molecule has 3 aromatic rings. The lowest BCUT2D eigenvalue weighted by Crippen LogP contribution is -2.21. The number of nitro benzene ring substituents is 1. The number of nitrogens with zero attached hydrogens (tertiary/aromatic N) is 1. The van der Waals surface area contributed by atoms with Crippen LogP contribution in [0.2, 0.25) is 0 Å². The van der Waals surface area contributed by atoms with Gasteiger partial charge in [0.15, 0.2) is 6.61 Å². The minimum absolute atomic E-state index is 0.0278. The van der Waals surface area contributed by atoms with Crippen LogP contribution in [0.15, 0.2) is 52.3 Å². The van der Waals surface area contributed by atoms with E-state index in [0.29, 0.717) is 21.9 Å². The predicted molar refractivity (Wildman–Crippen MR) is 125 cm³/mol. The molecule has 1 heterocycles. The van der Waals surface area contributed by atoms with Gasteiger partial charge in [0.25, 0.3) is 11.6 Å². The van der Waals surface area contributed by atoms with Gasteiger partial charge in [-0.2, -0.15) is 0 Å². The molecule has 3 rings (SSSR count). The lowest BCUT2D eigenvalue weighted by atomic mass is 10.0. The minimum atomic E-state index is -0.533. The number of halogens is 1. The number of thiophene rings is 1. The fourth-order valence-electron chi connectivity index (χ4n) is 2.93. The van der Waals surface area contributed by atoms with E-state index in [-0.39, 0.29) is 24.5 Å². The number of hydrogen-bond acceptors (Lipinski definition) is 7. The van der Waals surface area contributed by atoms with Crippen molar-refractivity contribution in [1.29, 1.82) is 0 Å². The molecule has 1 N–H and O–H groups in total. The summed E-state index contributed by atoms with van der Waals surface area (Å²) in [6.07, 6.45) is 0. The summed E-state index contributed by atoms with van der Waals surface area (Å²) in [5.74, 6) is -0.680. The molecule has 0 unspecified atom stereocenters. The SMILES string of the molecule is CCOC(=O)c1c(-c2ccc(Br)cc2)csc1NC(=O)COc1ccc([N+](=O)[O-])c(C)c1. The predicted octanol–water partition coefficient (Wildman–Crippen LogP) is 5.59. The van der Waals surface area contributed by atoms with Gasteiger partial charge in [0, 0.05) is 27.0 Å². The zero-order valence-corrected chi connectivity index (χ0v) is 19.6. The zero-order valence-electron chi connectivity index (χ0n) is 17.2. The molecule has 10 heteroatoms. The van der Waals surface area contributed by atoms with Crippen LogP contribution in [0.1, 0.15) is 22.8 Å². The van der Waals surface area contributed by atoms with Crippen LogP contribution in [0.5, 0.6) is 5.75 Å². The maximum atomic E-state index is 12.6. The molecule has 8 nitrogen and oxygen atoms in total. The summed E-state index contributed by atoms with van der Waals surface area (Å²) >= 11 is 4.60. The number of benzene rings is 2. The molecule has 0 spiro atoms. The Kier molecular flexibility index (Phi) is 7.60. The fourth-order valence-corrected chi connectivity index (χ4v) is 4.17. The second kappa shape index (κ2) is 10.4. The maximum absolute atomic E-state index is 12.6. The number of aryl methyl sites for hydroxylation is 1. The highest BCUT2D eigenvalue weighted by molar-refractivity contribution is 9.10. The summed E-state index contributed by atoms with van der Waals surface area (Å²) in [5.41, 5.74) is 2.14. The smallest absolute Gasteiger partial charge is 0.341 e. The molecule has 2 aromatic carbocycles. The van der Waals surface area contributed by atoms with E-state index >= 15 is 0 Å². The molecule has 0 bridgehead atoms. The van der Waals surface area contributed by atoms with E-state index < -0.39 is 16.8 Å². The van der Waals surface area contributed by atoms with Crippen LogP contribution in [0.4, 0.5) is 10.7 Å². The van der Waals surface area contributed by atoms with Crippen molar-refractivity contribution in [3.63, 3.8) is 0 Å². The molecule has 0 aliphatic heterocycles. The molecular formula is C22H19BrN2O6S. The van der Waals surface area contributed by atoms with Crippen molar-refractivity contribution in [2.75, 3.05) is 18.5 Å². The van der Waals surface area contributed by atoms with Crippen molar-refractivity contribution in [2.24, 2.45) is 0 Å². The lowest BCUT2D eigenvalue weighted by Gasteiger charge is -2.10. The van der Waals surface area contributed by atoms with Crippen molar-refractivity contribution in [2.45, 2.75) is 13.8 Å². The molecule has 0 atom stereocenters. The summed E-state index contributed by atoms with van der Waals surface area (Å²) in [7, 11) is 0. The van der Waals surface area contributed by atoms with Crippen LogP contribution < -0.4 is 10.1 Å². The number of rotatable bonds is 8. The van der Waals surface area contributed by atoms with Gasteiger partial charge in [0.05, 0.1) is 11.5 Å². The Morgan fingerprint density at radius 2 is 1.91 bits per heavy atom. The number of anilines is 1. The summed E-state index contributed by atoms with van der Waals surface area (Å²) < 4.78 is 11.5. The first-order valence-corrected chi connectivity index (χ1v) is 11.2. The Bertz CT molecular complexity index is 1160. The van der Waals surface area contributed by atoms with Crippen LogP contribution in [0.25, 0.3) is 11.1 Å². The Balaban J connectivity index is 1.76. The van der Waals surface area contributed by atoms with Crippen LogP contribution in [0, 0.1) is 17.0 Å². The number of amides is 1. The molecular weight excluding hydrogens is 500 g/mol. The number of carbonyl (C=O) groups excluding carboxylic acids is 2. The van der Waals surface area contributed by atoms with Crippen molar-refractivity contribution in [1.82, 2.24) is 0 Å². The van der Waals surface area contributed by atoms with Gasteiger partial charge in [0.1, 0.15) is 16.3 Å². The third kappa shape index (κ3) is 5.51. The highest BCUT2D eigenvalue weighted by Gasteiger charge is 2.23. The fraction of sp³-hybridized carbons (Fsp3) is 0.182. The van der Waals surface area contributed by atoms with E-state index in [0.717, 1.165) is 10.0 Å². The highest BCUT2D eigenvalue weighted by atomic mass is 79.9. The molecule has 32 heavy (non-hydrogen) atoms. The van der Waals surface area contributed by atoms with Crippen molar-refractivity contribution < 1.29 is 24.0 Å². The summed E-state index contributed by atoms with van der Waals surface area (Å²) in [5, 5.41) is 15.8. The van der Waals surface area contributed by atoms with E-state index in [9.17, 15) is 19.7 Å². The summed E-state index contributed by atoms with van der Waals surface area (Å²) in [4.78, 5) is 35.5. The Morgan fingerprint density at radius 1 is 1.19 bits per heavy atom. The molecule has 1 aromatic heterocycles. The Hall–Kier alpha value is -3.24. The average Bonchev–Trinajstić information content (AvgIpc) is 3.16. The maximum Gasteiger partial charge on any atom is 0.341 e. The van der Waals surface area contributed by atoms with Gasteiger partial charge in [-0.05, 0) is 43.7 Å². The molecule has 166 valence electrons. The molecule has 0 radical (unpaired) electrons. The third-order valence-corrected chi connectivity index (χ3v) is 5.84. The van der Waals surface area contributed by atoms with E-state index in [1.165, 1.54) is 29.5 Å². The van der Waals surface area contributed by atoms with Gasteiger partial charge in [0.2, 0.25) is 0 Å². The second-order valence-electron chi connectivity index (χ2n) is 6.62. The molecule has 0 aliphatic carbocycles. The van der Waals surface area contributed by atoms with Gasteiger partial charge in [-0.1, -0.05) is 28.1 Å². The standard InChI is InChI=1S/C22H19BrN2O6S/c1-3-30-22(27)20-17(14-4-6-15(23)7-5-14)12-32-21(20)24-19(26)11-31-16-8-9-18(25(28)29)13(2)10-16/h4-10,12H,3,11H2,1-2H3,(H,24,26). The number of nitrogens with one attached hydrogen (secondary N) is 1. The van der Waals surface area contributed by atoms with Gasteiger partial charge in [-0.25, -0.2) is 4.79 Å². The Labute approximate surface area is 196 Å². The number of carbonyl (C=O) groups is 2. The van der Waals surface area contributed by atoms with Gasteiger partial charge in [-0.15, -0.1) is 11.3 Å². The first-order chi connectivity index (χ1) is 15.3. The van der Waals surface area contributed by atoms with Crippen LogP contribution in [-0.2, 0) is 9.53 Å². The normalized spacial score (nSPS) is 10.5. The minimum Gasteiger partial charge on any atom is -0.484 e. The summed E-state index contributed by atoms with van der Waals surface area (Å²) in [6, 6.07) is 11.7. The van der Waals surface area contributed by atoms with Crippen molar-refractivity contribution in [3.05, 3.63) is 73.6 Å². The molecule has 0 saturated heterocycles. The van der Waals surface area contributed by atoms with Gasteiger partial charge >= 0.3 is 5.97 Å². The molecule has 0 aliphatic rings. The number of esters is 1. The van der Waals surface area contributed by atoms with E-state index in [2.05, 4.69) is 21.2 Å². The second-order valence-corrected chi connectivity index (χ2v) is 8.42. The number of hydrogen-bond donors (Lipinski definition) is 1. The van der Waals surface area contributed by atoms with Crippen LogP contribution in [-0.4, -0.2) is 30.0 Å².